The van der Waals surface area contributed by atoms with E-state index in [2.05, 4.69) is 5.32 Å². The first kappa shape index (κ1) is 8.43. The van der Waals surface area contributed by atoms with Gasteiger partial charge in [-0.2, -0.15) is 0 Å². The highest BCUT2D eigenvalue weighted by Crippen LogP contribution is 2.04. The number of hydrogen-bond donors (Lipinski definition) is 2. The minimum atomic E-state index is -0.540. The van der Waals surface area contributed by atoms with Gasteiger partial charge in [0.15, 0.2) is 0 Å². The first-order valence-electron chi connectivity index (χ1n) is 3.11. The molecule has 0 aliphatic rings. The van der Waals surface area contributed by atoms with Crippen LogP contribution in [0.25, 0.3) is 0 Å². The van der Waals surface area contributed by atoms with E-state index >= 15 is 0 Å². The van der Waals surface area contributed by atoms with E-state index in [1.165, 1.54) is 0 Å². The summed E-state index contributed by atoms with van der Waals surface area (Å²) in [7, 11) is 0. The minimum absolute atomic E-state index is 0.540. The normalized spacial score (nSPS) is 11.0. The van der Waals surface area contributed by atoms with Crippen LogP contribution in [0.15, 0.2) is 0 Å². The number of carbonyl (C=O) groups excluding carboxylic acids is 1. The van der Waals surface area contributed by atoms with Crippen LogP contribution in [0.3, 0.4) is 0 Å². The quantitative estimate of drug-likeness (QED) is 0.418. The number of nitrogens with two attached hydrogens (primary N) is 1. The molecular formula is C6H13N2O. The monoisotopic (exact) mass is 129 g/mol. The zero-order valence-electron chi connectivity index (χ0n) is 5.90. The highest BCUT2D eigenvalue weighted by atomic mass is 16.1. The van der Waals surface area contributed by atoms with Crippen molar-refractivity contribution in [1.82, 2.24) is 5.32 Å². The number of hydrogen-bond acceptors (Lipinski definition) is 2. The highest BCUT2D eigenvalue weighted by Gasteiger charge is 2.17. The van der Waals surface area contributed by atoms with Crippen LogP contribution >= 0.6 is 0 Å². The molecule has 0 bridgehead atoms. The van der Waals surface area contributed by atoms with Gasteiger partial charge in [0.25, 0.3) is 0 Å². The van der Waals surface area contributed by atoms with E-state index < -0.39 is 5.66 Å². The molecule has 0 heterocycles. The van der Waals surface area contributed by atoms with Crippen LogP contribution in [-0.4, -0.2) is 12.1 Å². The molecule has 0 aromatic rings. The molecule has 0 aliphatic carbocycles. The fraction of sp³-hybridized carbons (Fsp3) is 0.833. The van der Waals surface area contributed by atoms with Crippen LogP contribution in [0.4, 0.5) is 0 Å². The predicted octanol–water partition coefficient (Wildman–Crippen LogP) is 0.118. The van der Waals surface area contributed by atoms with Gasteiger partial charge in [0.05, 0.1) is 5.66 Å². The van der Waals surface area contributed by atoms with E-state index in [1.54, 1.807) is 6.41 Å². The lowest BCUT2D eigenvalue weighted by Gasteiger charge is -2.24. The second-order valence-corrected chi connectivity index (χ2v) is 2.09. The zero-order chi connectivity index (χ0) is 7.33. The van der Waals surface area contributed by atoms with Gasteiger partial charge in [-0.05, 0) is 12.8 Å². The Bertz CT molecular complexity index is 89.1. The van der Waals surface area contributed by atoms with Crippen LogP contribution < -0.4 is 11.1 Å². The summed E-state index contributed by atoms with van der Waals surface area (Å²) in [5, 5.41) is 2.43. The fourth-order valence-corrected chi connectivity index (χ4v) is 0.528. The number of amides is 1. The molecule has 3 heteroatoms. The van der Waals surface area contributed by atoms with Crippen molar-refractivity contribution in [2.45, 2.75) is 32.4 Å². The van der Waals surface area contributed by atoms with Gasteiger partial charge in [-0.25, -0.2) is 0 Å². The fourth-order valence-electron chi connectivity index (χ4n) is 0.528. The Hall–Kier alpha value is -0.570. The molecule has 0 aromatic carbocycles. The SMILES string of the molecule is CCC(N)(CC)N[C]=O. The summed E-state index contributed by atoms with van der Waals surface area (Å²) in [4.78, 5) is 9.82. The maximum absolute atomic E-state index is 9.82. The Morgan fingerprint density at radius 2 is 2.00 bits per heavy atom. The van der Waals surface area contributed by atoms with Crippen molar-refractivity contribution in [2.75, 3.05) is 0 Å². The molecule has 0 aliphatic heterocycles. The molecule has 0 spiro atoms. The largest absolute Gasteiger partial charge is 0.330 e. The molecule has 53 valence electrons. The third-order valence-electron chi connectivity index (χ3n) is 1.56. The zero-order valence-corrected chi connectivity index (χ0v) is 5.90. The Morgan fingerprint density at radius 3 is 2.11 bits per heavy atom. The van der Waals surface area contributed by atoms with Crippen molar-refractivity contribution in [3.05, 3.63) is 0 Å². The summed E-state index contributed by atoms with van der Waals surface area (Å²) in [6.45, 7) is 3.85. The Labute approximate surface area is 55.6 Å². The van der Waals surface area contributed by atoms with Crippen molar-refractivity contribution in [1.29, 1.82) is 0 Å². The van der Waals surface area contributed by atoms with E-state index in [-0.39, 0.29) is 0 Å². The van der Waals surface area contributed by atoms with E-state index in [1.807, 2.05) is 13.8 Å². The molecule has 0 fully saturated rings. The number of nitrogens with one attached hydrogen (secondary N) is 1. The lowest BCUT2D eigenvalue weighted by molar-refractivity contribution is 0.355. The minimum Gasteiger partial charge on any atom is -0.330 e. The van der Waals surface area contributed by atoms with E-state index in [9.17, 15) is 4.79 Å². The van der Waals surface area contributed by atoms with E-state index in [4.69, 9.17) is 5.73 Å². The first-order chi connectivity index (χ1) is 4.18. The van der Waals surface area contributed by atoms with Gasteiger partial charge < -0.3 is 11.1 Å². The molecular weight excluding hydrogens is 116 g/mol. The molecule has 0 atom stereocenters. The van der Waals surface area contributed by atoms with Gasteiger partial charge >= 0.3 is 6.41 Å². The Balaban J connectivity index is 3.75. The van der Waals surface area contributed by atoms with Crippen molar-refractivity contribution >= 4 is 6.41 Å². The van der Waals surface area contributed by atoms with Crippen molar-refractivity contribution < 1.29 is 4.79 Å². The van der Waals surface area contributed by atoms with Crippen molar-refractivity contribution in [3.63, 3.8) is 0 Å². The maximum atomic E-state index is 9.82. The molecule has 3 nitrogen and oxygen atoms in total. The van der Waals surface area contributed by atoms with Gasteiger partial charge in [-0.3, -0.25) is 4.79 Å². The molecule has 1 radical (unpaired) electrons. The summed E-state index contributed by atoms with van der Waals surface area (Å²) < 4.78 is 0. The summed E-state index contributed by atoms with van der Waals surface area (Å²) in [6.07, 6.45) is 3.05. The average molecular weight is 129 g/mol. The summed E-state index contributed by atoms with van der Waals surface area (Å²) in [6, 6.07) is 0. The molecule has 0 saturated carbocycles. The van der Waals surface area contributed by atoms with Crippen molar-refractivity contribution in [3.8, 4) is 0 Å². The third-order valence-corrected chi connectivity index (χ3v) is 1.56. The van der Waals surface area contributed by atoms with Gasteiger partial charge in [0.1, 0.15) is 0 Å². The van der Waals surface area contributed by atoms with Crippen LogP contribution in [0.1, 0.15) is 26.7 Å². The molecule has 0 saturated heterocycles. The Morgan fingerprint density at radius 1 is 1.56 bits per heavy atom. The molecule has 0 unspecified atom stereocenters. The predicted molar refractivity (Wildman–Crippen MR) is 36.3 cm³/mol. The molecule has 0 aromatic heterocycles. The van der Waals surface area contributed by atoms with Crippen molar-refractivity contribution in [2.24, 2.45) is 5.73 Å². The summed E-state index contributed by atoms with van der Waals surface area (Å²) >= 11 is 0. The highest BCUT2D eigenvalue weighted by molar-refractivity contribution is 5.48. The van der Waals surface area contributed by atoms with Gasteiger partial charge in [-0.1, -0.05) is 13.8 Å². The third kappa shape index (κ3) is 2.46. The standard InChI is InChI=1S/C6H13N2O/c1-3-6(7,4-2)8-5-9/h3-4,7H2,1-2H3,(H,8,9). The second kappa shape index (κ2) is 3.45. The molecule has 3 N–H and O–H groups in total. The van der Waals surface area contributed by atoms with Gasteiger partial charge in [-0.15, -0.1) is 0 Å². The molecule has 0 rings (SSSR count). The summed E-state index contributed by atoms with van der Waals surface area (Å²) in [5.74, 6) is 0. The van der Waals surface area contributed by atoms with E-state index in [0.717, 1.165) is 12.8 Å². The average Bonchev–Trinajstić information content (AvgIpc) is 1.89. The Kier molecular flexibility index (Phi) is 3.24. The van der Waals surface area contributed by atoms with E-state index in [0.29, 0.717) is 0 Å². The molecule has 1 amide bonds. The lowest BCUT2D eigenvalue weighted by atomic mass is 10.1. The van der Waals surface area contributed by atoms with Crippen LogP contribution in [0.2, 0.25) is 0 Å². The first-order valence-corrected chi connectivity index (χ1v) is 3.11. The maximum Gasteiger partial charge on any atom is 0.310 e. The molecule has 9 heavy (non-hydrogen) atoms. The summed E-state index contributed by atoms with van der Waals surface area (Å²) in [5.41, 5.74) is 5.09. The smallest absolute Gasteiger partial charge is 0.310 e. The second-order valence-electron chi connectivity index (χ2n) is 2.09. The van der Waals surface area contributed by atoms with Gasteiger partial charge in [0.2, 0.25) is 0 Å². The lowest BCUT2D eigenvalue weighted by Crippen LogP contribution is -2.51. The van der Waals surface area contributed by atoms with Crippen LogP contribution in [-0.2, 0) is 4.79 Å². The number of rotatable bonds is 4. The van der Waals surface area contributed by atoms with Gasteiger partial charge in [0, 0.05) is 0 Å². The topological polar surface area (TPSA) is 55.1 Å². The van der Waals surface area contributed by atoms with Crippen LogP contribution in [0.5, 0.6) is 0 Å². The van der Waals surface area contributed by atoms with Crippen LogP contribution in [0, 0.1) is 0 Å².